The molecule has 0 heterocycles. The van der Waals surface area contributed by atoms with E-state index in [1.165, 1.54) is 7.11 Å². The Morgan fingerprint density at radius 1 is 1.86 bits per heavy atom. The van der Waals surface area contributed by atoms with Gasteiger partial charge in [-0.1, -0.05) is 0 Å². The lowest BCUT2D eigenvalue weighted by atomic mass is 10.8. The van der Waals surface area contributed by atoms with Gasteiger partial charge in [0.15, 0.2) is 0 Å². The van der Waals surface area contributed by atoms with Crippen LogP contribution < -0.4 is 5.32 Å². The maximum Gasteiger partial charge on any atom is 0.278 e. The molecule has 3 heteroatoms. The molecule has 0 saturated heterocycles. The summed E-state index contributed by atoms with van der Waals surface area (Å²) in [4.78, 5) is 0. The first-order valence-electron chi connectivity index (χ1n) is 2.06. The molecular weight excluding hydrogens is 110 g/mol. The first kappa shape index (κ1) is 6.69. The van der Waals surface area contributed by atoms with Gasteiger partial charge < -0.3 is 4.74 Å². The predicted octanol–water partition coefficient (Wildman–Crippen LogP) is 0.542. The van der Waals surface area contributed by atoms with Crippen molar-refractivity contribution in [3.63, 3.8) is 0 Å². The van der Waals surface area contributed by atoms with E-state index in [0.717, 1.165) is 0 Å². The molecule has 0 N–H and O–H groups in total. The number of hydrogen-bond donors (Lipinski definition) is 0. The Morgan fingerprint density at radius 2 is 2.43 bits per heavy atom. The highest BCUT2D eigenvalue weighted by Crippen LogP contribution is 1.71. The molecule has 41 valence electrons. The van der Waals surface area contributed by atoms with Crippen LogP contribution >= 0.6 is 12.2 Å². The molecule has 0 amide bonds. The molecule has 0 aliphatic carbocycles. The Hall–Kier alpha value is -0.310. The largest absolute Gasteiger partial charge is 0.473 e. The predicted molar refractivity (Wildman–Crippen MR) is 32.3 cm³/mol. The van der Waals surface area contributed by atoms with Crippen molar-refractivity contribution in [2.24, 2.45) is 0 Å². The molecule has 0 aromatic heterocycles. The van der Waals surface area contributed by atoms with Crippen LogP contribution in [0.3, 0.4) is 0 Å². The van der Waals surface area contributed by atoms with Gasteiger partial charge in [0.25, 0.3) is 5.17 Å². The second-order valence-electron chi connectivity index (χ2n) is 0.944. The topological polar surface area (TPSA) is 23.3 Å². The molecule has 0 bridgehead atoms. The van der Waals surface area contributed by atoms with Crippen LogP contribution in [0.2, 0.25) is 0 Å². The Bertz CT molecular complexity index is 64.7. The van der Waals surface area contributed by atoms with E-state index in [2.05, 4.69) is 22.3 Å². The average Bonchev–Trinajstić information content (AvgIpc) is 1.68. The van der Waals surface area contributed by atoms with Crippen molar-refractivity contribution in [1.29, 1.82) is 0 Å². The van der Waals surface area contributed by atoms with Crippen LogP contribution in [-0.2, 0) is 4.74 Å². The third kappa shape index (κ3) is 3.52. The van der Waals surface area contributed by atoms with Gasteiger partial charge in [-0.15, -0.1) is 0 Å². The number of rotatable bonds is 1. The van der Waals surface area contributed by atoms with Crippen molar-refractivity contribution < 1.29 is 4.74 Å². The summed E-state index contributed by atoms with van der Waals surface area (Å²) < 4.78 is 4.56. The van der Waals surface area contributed by atoms with Gasteiger partial charge in [0.2, 0.25) is 0 Å². The molecular formula is C4H8NOS. The van der Waals surface area contributed by atoms with E-state index in [-0.39, 0.29) is 0 Å². The van der Waals surface area contributed by atoms with Gasteiger partial charge in [-0.3, -0.25) is 0 Å². The van der Waals surface area contributed by atoms with Crippen LogP contribution in [0, 0.1) is 0 Å². The van der Waals surface area contributed by atoms with Crippen molar-refractivity contribution >= 4 is 17.4 Å². The SMILES string of the molecule is CC[N]C(=S)OC. The molecule has 7 heavy (non-hydrogen) atoms. The molecule has 1 radical (unpaired) electrons. The van der Waals surface area contributed by atoms with Crippen molar-refractivity contribution in [3.05, 3.63) is 0 Å². The monoisotopic (exact) mass is 118 g/mol. The lowest BCUT2D eigenvalue weighted by Gasteiger charge is -1.95. The van der Waals surface area contributed by atoms with E-state index >= 15 is 0 Å². The average molecular weight is 118 g/mol. The fraction of sp³-hybridized carbons (Fsp3) is 0.750. The molecule has 0 aromatic carbocycles. The Morgan fingerprint density at radius 3 is 2.57 bits per heavy atom. The van der Waals surface area contributed by atoms with E-state index in [1.807, 2.05) is 6.92 Å². The fourth-order valence-corrected chi connectivity index (χ4v) is 0.323. The van der Waals surface area contributed by atoms with Gasteiger partial charge in [0.05, 0.1) is 7.11 Å². The van der Waals surface area contributed by atoms with Crippen LogP contribution in [0.1, 0.15) is 6.92 Å². The van der Waals surface area contributed by atoms with Gasteiger partial charge in [-0.05, 0) is 19.1 Å². The minimum Gasteiger partial charge on any atom is -0.473 e. The number of thiocarbonyl (C=S) groups is 1. The van der Waals surface area contributed by atoms with E-state index in [1.54, 1.807) is 0 Å². The lowest BCUT2D eigenvalue weighted by Crippen LogP contribution is -2.13. The number of methoxy groups -OCH3 is 1. The minimum absolute atomic E-state index is 0.336. The molecule has 0 aliphatic rings. The molecule has 0 spiro atoms. The standard InChI is InChI=1S/C4H8NOS/c1-3-5-4(7)6-2/h3H2,1-2H3. The Labute approximate surface area is 48.9 Å². The van der Waals surface area contributed by atoms with Gasteiger partial charge in [-0.25, -0.2) is 5.32 Å². The number of ether oxygens (including phenoxy) is 1. The normalized spacial score (nSPS) is 7.71. The van der Waals surface area contributed by atoms with Crippen molar-refractivity contribution in [1.82, 2.24) is 5.32 Å². The van der Waals surface area contributed by atoms with E-state index < -0.39 is 0 Å². The molecule has 2 nitrogen and oxygen atoms in total. The second kappa shape index (κ2) is 3.87. The van der Waals surface area contributed by atoms with E-state index in [4.69, 9.17) is 0 Å². The smallest absolute Gasteiger partial charge is 0.278 e. The van der Waals surface area contributed by atoms with Gasteiger partial charge in [0, 0.05) is 6.54 Å². The Kier molecular flexibility index (Phi) is 3.69. The van der Waals surface area contributed by atoms with Crippen LogP contribution in [0.15, 0.2) is 0 Å². The molecule has 0 rings (SSSR count). The summed E-state index contributed by atoms with van der Waals surface area (Å²) >= 11 is 4.57. The maximum absolute atomic E-state index is 4.57. The number of hydrogen-bond acceptors (Lipinski definition) is 2. The Balaban J connectivity index is 3.00. The summed E-state index contributed by atoms with van der Waals surface area (Å²) in [6.45, 7) is 2.61. The third-order valence-corrected chi connectivity index (χ3v) is 0.758. The highest BCUT2D eigenvalue weighted by molar-refractivity contribution is 7.80. The second-order valence-corrected chi connectivity index (χ2v) is 1.29. The van der Waals surface area contributed by atoms with Crippen molar-refractivity contribution in [2.75, 3.05) is 13.7 Å². The molecule has 0 atom stereocenters. The summed E-state index contributed by atoms with van der Waals surface area (Å²) in [6.07, 6.45) is 0. The summed E-state index contributed by atoms with van der Waals surface area (Å²) in [6, 6.07) is 0. The summed E-state index contributed by atoms with van der Waals surface area (Å²) in [5.41, 5.74) is 0. The third-order valence-electron chi connectivity index (χ3n) is 0.462. The highest BCUT2D eigenvalue weighted by Gasteiger charge is 1.86. The van der Waals surface area contributed by atoms with Crippen LogP contribution in [0.5, 0.6) is 0 Å². The zero-order valence-corrected chi connectivity index (χ0v) is 5.29. The van der Waals surface area contributed by atoms with Gasteiger partial charge >= 0.3 is 0 Å². The first-order valence-corrected chi connectivity index (χ1v) is 2.47. The van der Waals surface area contributed by atoms with E-state index in [9.17, 15) is 0 Å². The highest BCUT2D eigenvalue weighted by atomic mass is 32.1. The van der Waals surface area contributed by atoms with Crippen molar-refractivity contribution in [3.8, 4) is 0 Å². The summed E-state index contributed by atoms with van der Waals surface area (Å²) in [5, 5.41) is 4.09. The summed E-state index contributed by atoms with van der Waals surface area (Å²) in [5.74, 6) is 0. The van der Waals surface area contributed by atoms with Crippen LogP contribution in [0.4, 0.5) is 0 Å². The van der Waals surface area contributed by atoms with Gasteiger partial charge in [-0.2, -0.15) is 0 Å². The zero-order valence-electron chi connectivity index (χ0n) is 4.47. The fourth-order valence-electron chi connectivity index (χ4n) is 0.194. The molecule has 0 aliphatic heterocycles. The summed E-state index contributed by atoms with van der Waals surface area (Å²) in [7, 11) is 1.52. The number of nitrogens with zero attached hydrogens (tertiary/aromatic N) is 1. The quantitative estimate of drug-likeness (QED) is 0.469. The van der Waals surface area contributed by atoms with Crippen molar-refractivity contribution in [2.45, 2.75) is 6.92 Å². The maximum atomic E-state index is 4.57. The molecule has 0 saturated carbocycles. The molecule has 0 fully saturated rings. The lowest BCUT2D eigenvalue weighted by molar-refractivity contribution is 0.393. The first-order chi connectivity index (χ1) is 3.31. The zero-order chi connectivity index (χ0) is 5.70. The van der Waals surface area contributed by atoms with Gasteiger partial charge in [0.1, 0.15) is 0 Å². The molecule has 0 unspecified atom stereocenters. The molecule has 0 aromatic rings. The minimum atomic E-state index is 0.336. The van der Waals surface area contributed by atoms with Crippen LogP contribution in [-0.4, -0.2) is 18.8 Å². The van der Waals surface area contributed by atoms with Crippen LogP contribution in [0.25, 0.3) is 0 Å². The van der Waals surface area contributed by atoms with E-state index in [0.29, 0.717) is 11.7 Å².